The summed E-state index contributed by atoms with van der Waals surface area (Å²) in [5, 5.41) is 10.6. The Hall–Kier alpha value is -2.58. The Labute approximate surface area is 262 Å². The van der Waals surface area contributed by atoms with E-state index in [0.29, 0.717) is 26.2 Å². The molecule has 3 aliphatic rings. The lowest BCUT2D eigenvalue weighted by atomic mass is 9.65. The zero-order chi connectivity index (χ0) is 31.3. The number of rotatable bonds is 16. The lowest BCUT2D eigenvalue weighted by molar-refractivity contribution is -0.148. The van der Waals surface area contributed by atoms with E-state index in [2.05, 4.69) is 27.0 Å². The Kier molecular flexibility index (Phi) is 11.2. The second kappa shape index (κ2) is 14.5. The molecular weight excluding hydrogens is 558 g/mol. The molecule has 2 bridgehead atoms. The van der Waals surface area contributed by atoms with Crippen LogP contribution in [0.3, 0.4) is 0 Å². The average molecular weight is 610 g/mol. The molecular formula is C35H51N3O4S. The van der Waals surface area contributed by atoms with E-state index in [0.717, 1.165) is 37.7 Å². The second-order valence-electron chi connectivity index (χ2n) is 12.7. The highest BCUT2D eigenvalue weighted by Crippen LogP contribution is 2.69. The van der Waals surface area contributed by atoms with E-state index in [9.17, 15) is 19.5 Å². The van der Waals surface area contributed by atoms with Crippen LogP contribution in [0, 0.1) is 23.7 Å². The molecule has 3 unspecified atom stereocenters. The highest BCUT2D eigenvalue weighted by atomic mass is 32.2. The maximum Gasteiger partial charge on any atom is 0.247 e. The minimum atomic E-state index is -0.734. The van der Waals surface area contributed by atoms with E-state index >= 15 is 0 Å². The van der Waals surface area contributed by atoms with Gasteiger partial charge in [-0.15, -0.1) is 24.9 Å². The highest BCUT2D eigenvalue weighted by Gasteiger charge is 2.77. The van der Waals surface area contributed by atoms with Crippen molar-refractivity contribution >= 4 is 29.5 Å². The summed E-state index contributed by atoms with van der Waals surface area (Å²) in [4.78, 5) is 49.4. The van der Waals surface area contributed by atoms with Crippen molar-refractivity contribution in [1.82, 2.24) is 14.7 Å². The van der Waals surface area contributed by atoms with Crippen molar-refractivity contribution in [2.24, 2.45) is 23.7 Å². The Balaban J connectivity index is 1.78. The number of hydrogen-bond acceptors (Lipinski definition) is 5. The number of hydrogen-bond donors (Lipinski definition) is 1. The lowest BCUT2D eigenvalue weighted by Gasteiger charge is -2.43. The third-order valence-corrected chi connectivity index (χ3v) is 12.2. The zero-order valence-corrected chi connectivity index (χ0v) is 27.3. The number of carbonyl (C=O) groups excluding carboxylic acids is 3. The van der Waals surface area contributed by atoms with Crippen LogP contribution in [0.25, 0.3) is 0 Å². The van der Waals surface area contributed by atoms with Gasteiger partial charge in [-0.25, -0.2) is 0 Å². The van der Waals surface area contributed by atoms with Gasteiger partial charge >= 0.3 is 0 Å². The molecule has 236 valence electrons. The van der Waals surface area contributed by atoms with Crippen molar-refractivity contribution < 1.29 is 19.5 Å². The maximum absolute atomic E-state index is 14.8. The monoisotopic (exact) mass is 609 g/mol. The number of amides is 3. The summed E-state index contributed by atoms with van der Waals surface area (Å²) in [7, 11) is 0. The predicted molar refractivity (Wildman–Crippen MR) is 174 cm³/mol. The van der Waals surface area contributed by atoms with Crippen LogP contribution >= 0.6 is 11.8 Å². The summed E-state index contributed by atoms with van der Waals surface area (Å²) in [6.45, 7) is 17.8. The number of benzene rings is 1. The number of nitrogens with zero attached hydrogens (tertiary/aromatic N) is 3. The summed E-state index contributed by atoms with van der Waals surface area (Å²) in [6, 6.07) is 8.66. The summed E-state index contributed by atoms with van der Waals surface area (Å²) in [5.41, 5.74) is 1.02. The molecule has 3 heterocycles. The van der Waals surface area contributed by atoms with Gasteiger partial charge in [-0.2, -0.15) is 0 Å². The second-order valence-corrected chi connectivity index (χ2v) is 14.3. The van der Waals surface area contributed by atoms with Crippen LogP contribution < -0.4 is 0 Å². The van der Waals surface area contributed by atoms with Gasteiger partial charge in [0.25, 0.3) is 0 Å². The maximum atomic E-state index is 14.8. The number of likely N-dealkylation sites (tertiary alicyclic amines) is 1. The van der Waals surface area contributed by atoms with Crippen LogP contribution in [0.4, 0.5) is 0 Å². The number of thioether (sulfide) groups is 1. The first kappa shape index (κ1) is 33.3. The summed E-state index contributed by atoms with van der Waals surface area (Å²) < 4.78 is -0.725. The molecule has 1 aromatic carbocycles. The van der Waals surface area contributed by atoms with Crippen molar-refractivity contribution in [2.75, 3.05) is 26.2 Å². The van der Waals surface area contributed by atoms with Gasteiger partial charge in [-0.1, -0.05) is 89.4 Å². The molecule has 7 nitrogen and oxygen atoms in total. The third kappa shape index (κ3) is 6.06. The molecule has 43 heavy (non-hydrogen) atoms. The molecule has 3 amide bonds. The van der Waals surface area contributed by atoms with Crippen molar-refractivity contribution in [3.8, 4) is 0 Å². The van der Waals surface area contributed by atoms with Gasteiger partial charge in [0.15, 0.2) is 0 Å². The van der Waals surface area contributed by atoms with E-state index in [-0.39, 0.29) is 41.4 Å². The Bertz CT molecular complexity index is 1160. The number of unbranched alkanes of at least 4 members (excludes halogenated alkanes) is 2. The molecule has 4 rings (SSSR count). The minimum Gasteiger partial charge on any atom is -0.394 e. The largest absolute Gasteiger partial charge is 0.394 e. The van der Waals surface area contributed by atoms with Gasteiger partial charge in [0.1, 0.15) is 6.04 Å². The fraction of sp³-hybridized carbons (Fsp3) is 0.629. The Morgan fingerprint density at radius 2 is 1.79 bits per heavy atom. The van der Waals surface area contributed by atoms with Crippen molar-refractivity contribution in [3.63, 3.8) is 0 Å². The van der Waals surface area contributed by atoms with Crippen LogP contribution in [0.2, 0.25) is 0 Å². The van der Waals surface area contributed by atoms with Crippen molar-refractivity contribution in [3.05, 3.63) is 61.2 Å². The van der Waals surface area contributed by atoms with E-state index in [1.807, 2.05) is 54.0 Å². The fourth-order valence-electron chi connectivity index (χ4n) is 7.77. The minimum absolute atomic E-state index is 0.00516. The van der Waals surface area contributed by atoms with E-state index in [1.165, 1.54) is 0 Å². The summed E-state index contributed by atoms with van der Waals surface area (Å²) in [5.74, 6) is -1.35. The van der Waals surface area contributed by atoms with Gasteiger partial charge in [0.2, 0.25) is 17.7 Å². The molecule has 0 aromatic heterocycles. The lowest BCUT2D eigenvalue weighted by Crippen LogP contribution is -2.60. The quantitative estimate of drug-likeness (QED) is 0.207. The SMILES string of the molecule is C=CCN(CCCCC)C(=O)C1N([C@@H](CO)[C@@H](C)CC)C(=O)[C@@H]2[C@H](C(=O)N(CC=C)Cc3ccccc3)[C@@H]3CC(C)C12S3. The van der Waals surface area contributed by atoms with Gasteiger partial charge in [0.05, 0.1) is 29.2 Å². The summed E-state index contributed by atoms with van der Waals surface area (Å²) in [6.07, 6.45) is 7.97. The standard InChI is InChI=1S/C35H51N3O4S/c1-7-11-15-20-36(18-8-2)34(42)31-35-25(6)21-28(43-35)29(30(35)33(41)38(31)27(23-39)24(5)10-4)32(40)37(19-9-3)22-26-16-13-12-14-17-26/h8-9,12-14,16-17,24-25,27-31,39H,2-3,7,10-11,15,18-23H2,1,4-6H3/t24-,25?,27-,28-,29+,30-,31?,35?/m0/s1. The first-order valence-corrected chi connectivity index (χ1v) is 17.0. The van der Waals surface area contributed by atoms with Gasteiger partial charge in [-0.05, 0) is 30.2 Å². The number of fused-ring (bicyclic) bond motifs is 1. The van der Waals surface area contributed by atoms with Gasteiger partial charge < -0.3 is 19.8 Å². The molecule has 1 aromatic rings. The Morgan fingerprint density at radius 3 is 2.40 bits per heavy atom. The van der Waals surface area contributed by atoms with Crippen LogP contribution in [0.1, 0.15) is 65.4 Å². The Morgan fingerprint density at radius 1 is 1.12 bits per heavy atom. The van der Waals surface area contributed by atoms with E-state index in [1.54, 1.807) is 28.8 Å². The summed E-state index contributed by atoms with van der Waals surface area (Å²) >= 11 is 1.70. The normalized spacial score (nSPS) is 28.8. The number of aliphatic hydroxyl groups excluding tert-OH is 1. The van der Waals surface area contributed by atoms with Crippen LogP contribution in [-0.2, 0) is 20.9 Å². The molecule has 1 spiro atoms. The van der Waals surface area contributed by atoms with E-state index in [4.69, 9.17) is 0 Å². The van der Waals surface area contributed by atoms with Crippen LogP contribution in [0.15, 0.2) is 55.6 Å². The fourth-order valence-corrected chi connectivity index (χ4v) is 10.2. The molecule has 8 atom stereocenters. The van der Waals surface area contributed by atoms with Gasteiger partial charge in [0, 0.05) is 31.4 Å². The van der Waals surface area contributed by atoms with Gasteiger partial charge in [-0.3, -0.25) is 14.4 Å². The van der Waals surface area contributed by atoms with Crippen LogP contribution in [0.5, 0.6) is 0 Å². The van der Waals surface area contributed by atoms with Crippen molar-refractivity contribution in [2.45, 2.75) is 88.4 Å². The molecule has 0 radical (unpaired) electrons. The molecule has 0 aliphatic carbocycles. The molecule has 0 saturated carbocycles. The highest BCUT2D eigenvalue weighted by molar-refractivity contribution is 8.02. The molecule has 3 fully saturated rings. The predicted octanol–water partition coefficient (Wildman–Crippen LogP) is 5.15. The first-order valence-electron chi connectivity index (χ1n) is 16.2. The average Bonchev–Trinajstić information content (AvgIpc) is 3.60. The zero-order valence-electron chi connectivity index (χ0n) is 26.5. The molecule has 1 N–H and O–H groups in total. The van der Waals surface area contributed by atoms with Crippen LogP contribution in [-0.4, -0.2) is 85.8 Å². The number of aliphatic hydroxyl groups is 1. The number of carbonyl (C=O) groups is 3. The molecule has 8 heteroatoms. The molecule has 3 saturated heterocycles. The third-order valence-electron chi connectivity index (χ3n) is 10.1. The molecule has 3 aliphatic heterocycles. The first-order chi connectivity index (χ1) is 20.7. The van der Waals surface area contributed by atoms with Crippen molar-refractivity contribution in [1.29, 1.82) is 0 Å². The topological polar surface area (TPSA) is 81.2 Å². The van der Waals surface area contributed by atoms with E-state index < -0.39 is 28.7 Å². The smallest absolute Gasteiger partial charge is 0.247 e.